The zero-order valence-corrected chi connectivity index (χ0v) is 19.8. The van der Waals surface area contributed by atoms with Crippen molar-refractivity contribution in [2.75, 3.05) is 13.1 Å². The van der Waals surface area contributed by atoms with Crippen molar-refractivity contribution in [1.82, 2.24) is 18.8 Å². The van der Waals surface area contributed by atoms with Crippen LogP contribution in [0.15, 0.2) is 65.8 Å². The van der Waals surface area contributed by atoms with Crippen molar-refractivity contribution in [1.29, 1.82) is 0 Å². The Morgan fingerprint density at radius 3 is 2.47 bits per heavy atom. The van der Waals surface area contributed by atoms with Crippen LogP contribution in [-0.4, -0.2) is 60.0 Å². The highest BCUT2D eigenvalue weighted by atomic mass is 35.5. The van der Waals surface area contributed by atoms with Gasteiger partial charge in [0, 0.05) is 13.1 Å². The fourth-order valence-electron chi connectivity index (χ4n) is 3.97. The minimum absolute atomic E-state index is 0.0215. The molecule has 0 radical (unpaired) electrons. The number of ether oxygens (including phenoxy) is 1. The number of benzene rings is 2. The molecule has 8 nitrogen and oxygen atoms in total. The highest BCUT2D eigenvalue weighted by Gasteiger charge is 2.29. The normalized spacial score (nSPS) is 14.6. The molecule has 11 heteroatoms. The highest BCUT2D eigenvalue weighted by molar-refractivity contribution is 7.90. The smallest absolute Gasteiger partial charge is 0.281 e. The van der Waals surface area contributed by atoms with Gasteiger partial charge in [0.05, 0.1) is 22.2 Å². The summed E-state index contributed by atoms with van der Waals surface area (Å²) in [5.74, 6) is 0.668. The molecule has 1 saturated heterocycles. The summed E-state index contributed by atoms with van der Waals surface area (Å²) >= 11 is 6.28. The van der Waals surface area contributed by atoms with Crippen molar-refractivity contribution in [2.24, 2.45) is 0 Å². The summed E-state index contributed by atoms with van der Waals surface area (Å²) in [5, 5.41) is 0.619. The summed E-state index contributed by atoms with van der Waals surface area (Å²) in [6.07, 6.45) is 2.15. The van der Waals surface area contributed by atoms with E-state index >= 15 is 0 Å². The molecule has 0 amide bonds. The minimum atomic E-state index is -3.97. The molecule has 2 aromatic heterocycles. The lowest BCUT2D eigenvalue weighted by Gasteiger charge is -2.37. The number of aromatic nitrogens is 3. The highest BCUT2D eigenvalue weighted by Crippen LogP contribution is 2.34. The van der Waals surface area contributed by atoms with Gasteiger partial charge in [-0.05, 0) is 55.0 Å². The number of halogens is 1. The van der Waals surface area contributed by atoms with Gasteiger partial charge in [-0.3, -0.25) is 0 Å². The van der Waals surface area contributed by atoms with Crippen LogP contribution in [0.2, 0.25) is 5.15 Å². The van der Waals surface area contributed by atoms with Gasteiger partial charge in [-0.1, -0.05) is 29.3 Å². The van der Waals surface area contributed by atoms with E-state index in [9.17, 15) is 13.2 Å². The number of hydrogen-bond donors (Lipinski definition) is 0. The number of rotatable bonds is 7. The van der Waals surface area contributed by atoms with Gasteiger partial charge in [0.1, 0.15) is 23.3 Å². The first kappa shape index (κ1) is 22.6. The molecule has 0 unspecified atom stereocenters. The molecule has 1 fully saturated rings. The van der Waals surface area contributed by atoms with E-state index in [2.05, 4.69) is 9.97 Å². The Kier molecular flexibility index (Phi) is 5.89. The number of nitrogens with zero attached hydrogens (tertiary/aromatic N) is 4. The molecule has 3 heterocycles. The van der Waals surface area contributed by atoms with E-state index < -0.39 is 10.0 Å². The molecule has 0 atom stereocenters. The third-order valence-electron chi connectivity index (χ3n) is 5.77. The van der Waals surface area contributed by atoms with Crippen LogP contribution in [0.1, 0.15) is 5.56 Å². The van der Waals surface area contributed by atoms with Crippen LogP contribution in [0.25, 0.3) is 22.3 Å². The average Bonchev–Trinajstić information content (AvgIpc) is 3.20. The van der Waals surface area contributed by atoms with Crippen LogP contribution in [0.5, 0.6) is 5.75 Å². The molecule has 0 bridgehead atoms. The monoisotopic (exact) mass is 494 g/mol. The molecule has 4 aromatic rings. The van der Waals surface area contributed by atoms with Gasteiger partial charge in [-0.25, -0.2) is 22.4 Å². The second-order valence-corrected chi connectivity index (χ2v) is 10.3. The van der Waals surface area contributed by atoms with Crippen LogP contribution >= 0.6 is 11.6 Å². The van der Waals surface area contributed by atoms with Gasteiger partial charge in [-0.2, -0.15) is 0 Å². The van der Waals surface area contributed by atoms with E-state index in [1.54, 1.807) is 54.6 Å². The van der Waals surface area contributed by atoms with Crippen LogP contribution < -0.4 is 4.74 Å². The predicted molar refractivity (Wildman–Crippen MR) is 132 cm³/mol. The average molecular weight is 495 g/mol. The van der Waals surface area contributed by atoms with E-state index in [0.29, 0.717) is 42.9 Å². The second-order valence-electron chi connectivity index (χ2n) is 8.16. The van der Waals surface area contributed by atoms with Crippen molar-refractivity contribution in [3.05, 3.63) is 71.6 Å². The Balaban J connectivity index is 1.53. The van der Waals surface area contributed by atoms with Gasteiger partial charge in [0.2, 0.25) is 0 Å². The number of hydrogen-bond acceptors (Lipinski definition) is 7. The summed E-state index contributed by atoms with van der Waals surface area (Å²) in [4.78, 5) is 21.0. The maximum absolute atomic E-state index is 13.7. The summed E-state index contributed by atoms with van der Waals surface area (Å²) < 4.78 is 34.5. The maximum Gasteiger partial charge on any atom is 0.281 e. The van der Waals surface area contributed by atoms with Crippen molar-refractivity contribution in [3.63, 3.8) is 0 Å². The number of fused-ring (bicyclic) bond motifs is 1. The SMILES string of the molecule is Cc1ccc(S(=O)(=O)n2c(-c3ccc(OC4CN(BC=O)C4)cc3)cc3c(Cl)ncnc32)cc1. The molecule has 5 rings (SSSR count). The van der Waals surface area contributed by atoms with Crippen LogP contribution in [0, 0.1) is 6.92 Å². The number of carbonyl (C=O) groups excluding carboxylic acids is 1. The zero-order chi connectivity index (χ0) is 23.9. The first-order chi connectivity index (χ1) is 16.4. The largest absolute Gasteiger partial charge is 0.488 e. The van der Waals surface area contributed by atoms with E-state index in [4.69, 9.17) is 16.3 Å². The predicted octanol–water partition coefficient (Wildman–Crippen LogP) is 2.90. The topological polar surface area (TPSA) is 94.4 Å². The summed E-state index contributed by atoms with van der Waals surface area (Å²) in [6.45, 7) is 3.29. The van der Waals surface area contributed by atoms with Gasteiger partial charge in [-0.15, -0.1) is 0 Å². The number of aryl methyl sites for hydroxylation is 1. The molecule has 0 spiro atoms. The van der Waals surface area contributed by atoms with Crippen LogP contribution in [-0.2, 0) is 14.8 Å². The first-order valence-corrected chi connectivity index (χ1v) is 12.5. The molecule has 172 valence electrons. The molecular weight excluding hydrogens is 475 g/mol. The summed E-state index contributed by atoms with van der Waals surface area (Å²) in [5.41, 5.74) is 2.25. The molecule has 0 aliphatic carbocycles. The van der Waals surface area contributed by atoms with E-state index in [0.717, 1.165) is 11.7 Å². The molecular formula is C23H20BClN4O4S. The maximum atomic E-state index is 13.7. The Morgan fingerprint density at radius 1 is 1.09 bits per heavy atom. The standard InChI is InChI=1S/C23H20BClN4O4S/c1-15-2-8-19(9-3-15)34(31,32)29-21(10-20-22(25)26-14-27-23(20)29)16-4-6-17(7-5-16)33-18-11-28(12-18)24-13-30/h2-10,13-14,18,24H,11-12H2,1H3. The van der Waals surface area contributed by atoms with E-state index in [-0.39, 0.29) is 21.8 Å². The van der Waals surface area contributed by atoms with Gasteiger partial charge >= 0.3 is 0 Å². The first-order valence-electron chi connectivity index (χ1n) is 10.6. The second kappa shape index (κ2) is 8.86. The Bertz CT molecular complexity index is 1470. The fourth-order valence-corrected chi connectivity index (χ4v) is 5.63. The Hall–Kier alpha value is -3.21. The van der Waals surface area contributed by atoms with Crippen molar-refractivity contribution in [2.45, 2.75) is 17.9 Å². The van der Waals surface area contributed by atoms with Gasteiger partial charge in [0.15, 0.2) is 5.65 Å². The quantitative estimate of drug-likeness (QED) is 0.221. The third-order valence-corrected chi connectivity index (χ3v) is 7.79. The fraction of sp³-hybridized carbons (Fsp3) is 0.174. The molecule has 2 aromatic carbocycles. The van der Waals surface area contributed by atoms with Crippen molar-refractivity contribution in [3.8, 4) is 17.0 Å². The number of carbonyl (C=O) groups is 1. The lowest BCUT2D eigenvalue weighted by atomic mass is 9.89. The lowest BCUT2D eigenvalue weighted by molar-refractivity contribution is 0.0765. The summed E-state index contributed by atoms with van der Waals surface area (Å²) in [6, 6.07) is 15.5. The third kappa shape index (κ3) is 4.09. The lowest BCUT2D eigenvalue weighted by Crippen LogP contribution is -2.55. The molecule has 0 N–H and O–H groups in total. The van der Waals surface area contributed by atoms with Gasteiger partial charge < -0.3 is 14.3 Å². The molecule has 1 aliphatic heterocycles. The minimum Gasteiger partial charge on any atom is -0.488 e. The summed E-state index contributed by atoms with van der Waals surface area (Å²) in [7, 11) is -3.56. The van der Waals surface area contributed by atoms with Crippen LogP contribution in [0.3, 0.4) is 0 Å². The molecule has 1 aliphatic rings. The van der Waals surface area contributed by atoms with Crippen LogP contribution in [0.4, 0.5) is 0 Å². The zero-order valence-electron chi connectivity index (χ0n) is 18.3. The Labute approximate surface area is 202 Å². The molecule has 34 heavy (non-hydrogen) atoms. The Morgan fingerprint density at radius 2 is 1.79 bits per heavy atom. The van der Waals surface area contributed by atoms with Crippen molar-refractivity contribution < 1.29 is 17.9 Å². The van der Waals surface area contributed by atoms with Gasteiger partial charge in [0.25, 0.3) is 17.4 Å². The molecule has 0 saturated carbocycles. The van der Waals surface area contributed by atoms with E-state index in [1.807, 2.05) is 11.7 Å². The van der Waals surface area contributed by atoms with E-state index in [1.165, 1.54) is 10.3 Å². The van der Waals surface area contributed by atoms with Crippen molar-refractivity contribution >= 4 is 46.3 Å².